The first-order valence-corrected chi connectivity index (χ1v) is 10.8. The maximum absolute atomic E-state index is 12.1. The zero-order valence-electron chi connectivity index (χ0n) is 16.8. The number of carbonyl (C=O) groups excluding carboxylic acids is 1. The van der Waals surface area contributed by atoms with E-state index >= 15 is 0 Å². The minimum atomic E-state index is -0.699. The number of hydrogen-bond acceptors (Lipinski definition) is 8. The summed E-state index contributed by atoms with van der Waals surface area (Å²) in [5, 5.41) is 25.0. The third kappa shape index (κ3) is 4.04. The van der Waals surface area contributed by atoms with Gasteiger partial charge in [-0.3, -0.25) is 9.48 Å². The Balaban J connectivity index is 1.27. The van der Waals surface area contributed by atoms with Gasteiger partial charge in [-0.2, -0.15) is 10.4 Å². The molecule has 9 nitrogen and oxygen atoms in total. The standard InChI is InChI=1S/C21H19N7O2S/c1-2-28-11-14(10-23-28)13-3-4-15-16(7-13)31-20(24-15)9-19-27-26-18(30-19)8-17(29)25-21(12-22)5-6-21/h3-4,7,10-11H,2,5-6,8-9H2,1H3,(H,25,29). The minimum absolute atomic E-state index is 0.0366. The summed E-state index contributed by atoms with van der Waals surface area (Å²) in [6, 6.07) is 8.28. The van der Waals surface area contributed by atoms with E-state index in [-0.39, 0.29) is 18.2 Å². The van der Waals surface area contributed by atoms with Crippen LogP contribution in [0.5, 0.6) is 0 Å². The number of nitrogens with one attached hydrogen (secondary N) is 1. The van der Waals surface area contributed by atoms with Gasteiger partial charge in [0, 0.05) is 18.3 Å². The number of amides is 1. The van der Waals surface area contributed by atoms with E-state index < -0.39 is 5.54 Å². The Labute approximate surface area is 181 Å². The number of thiazole rings is 1. The van der Waals surface area contributed by atoms with Crippen molar-refractivity contribution in [3.05, 3.63) is 47.4 Å². The fraction of sp³-hybridized carbons (Fsp3) is 0.333. The molecule has 1 aliphatic carbocycles. The normalized spacial score (nSPS) is 14.5. The molecule has 1 fully saturated rings. The lowest BCUT2D eigenvalue weighted by Crippen LogP contribution is -2.36. The van der Waals surface area contributed by atoms with Crippen LogP contribution in [0.4, 0.5) is 0 Å². The van der Waals surface area contributed by atoms with E-state index in [1.807, 2.05) is 29.2 Å². The van der Waals surface area contributed by atoms with E-state index in [1.54, 1.807) is 11.3 Å². The molecule has 4 aromatic rings. The van der Waals surface area contributed by atoms with Crippen molar-refractivity contribution in [2.75, 3.05) is 0 Å². The highest BCUT2D eigenvalue weighted by molar-refractivity contribution is 7.18. The van der Waals surface area contributed by atoms with E-state index in [9.17, 15) is 4.79 Å². The van der Waals surface area contributed by atoms with Crippen LogP contribution < -0.4 is 5.32 Å². The van der Waals surface area contributed by atoms with Crippen LogP contribution in [0.2, 0.25) is 0 Å². The van der Waals surface area contributed by atoms with E-state index in [0.717, 1.165) is 32.9 Å². The van der Waals surface area contributed by atoms with Crippen molar-refractivity contribution in [3.63, 3.8) is 0 Å². The van der Waals surface area contributed by atoms with Crippen LogP contribution in [-0.2, 0) is 24.2 Å². The number of aryl methyl sites for hydroxylation is 1. The lowest BCUT2D eigenvalue weighted by atomic mass is 10.1. The van der Waals surface area contributed by atoms with Gasteiger partial charge in [0.25, 0.3) is 0 Å². The van der Waals surface area contributed by atoms with Crippen LogP contribution in [0.1, 0.15) is 36.6 Å². The molecule has 0 bridgehead atoms. The zero-order chi connectivity index (χ0) is 21.4. The molecular formula is C21H19N7O2S. The Hall–Kier alpha value is -3.58. The Morgan fingerprint density at radius 3 is 2.90 bits per heavy atom. The fourth-order valence-corrected chi connectivity index (χ4v) is 4.31. The number of fused-ring (bicyclic) bond motifs is 1. The highest BCUT2D eigenvalue weighted by Gasteiger charge is 2.44. The van der Waals surface area contributed by atoms with Gasteiger partial charge in [0.1, 0.15) is 17.0 Å². The van der Waals surface area contributed by atoms with Crippen LogP contribution >= 0.6 is 11.3 Å². The maximum atomic E-state index is 12.1. The largest absolute Gasteiger partial charge is 0.424 e. The van der Waals surface area contributed by atoms with Crippen LogP contribution in [-0.4, -0.2) is 36.4 Å². The van der Waals surface area contributed by atoms with Crippen molar-refractivity contribution in [2.24, 2.45) is 0 Å². The Bertz CT molecular complexity index is 1310. The van der Waals surface area contributed by atoms with Gasteiger partial charge >= 0.3 is 0 Å². The van der Waals surface area contributed by atoms with Gasteiger partial charge in [0.05, 0.1) is 28.9 Å². The van der Waals surface area contributed by atoms with Crippen molar-refractivity contribution >= 4 is 27.5 Å². The van der Waals surface area contributed by atoms with Crippen molar-refractivity contribution in [1.82, 2.24) is 30.3 Å². The van der Waals surface area contributed by atoms with Crippen molar-refractivity contribution in [1.29, 1.82) is 5.26 Å². The van der Waals surface area contributed by atoms with Crippen LogP contribution in [0, 0.1) is 11.3 Å². The Kier molecular flexibility index (Phi) is 4.75. The molecule has 10 heteroatoms. The quantitative estimate of drug-likeness (QED) is 0.475. The molecule has 0 aliphatic heterocycles. The first kappa shape index (κ1) is 19.4. The average Bonchev–Trinajstić information content (AvgIpc) is 3.13. The van der Waals surface area contributed by atoms with Gasteiger partial charge in [0.15, 0.2) is 0 Å². The molecule has 5 rings (SSSR count). The molecule has 1 aromatic carbocycles. The van der Waals surface area contributed by atoms with E-state index in [4.69, 9.17) is 9.68 Å². The van der Waals surface area contributed by atoms with Gasteiger partial charge in [-0.15, -0.1) is 21.5 Å². The minimum Gasteiger partial charge on any atom is -0.424 e. The number of carbonyl (C=O) groups is 1. The first-order chi connectivity index (χ1) is 15.1. The van der Waals surface area contributed by atoms with Crippen LogP contribution in [0.25, 0.3) is 21.3 Å². The summed E-state index contributed by atoms with van der Waals surface area (Å²) in [4.78, 5) is 16.7. The van der Waals surface area contributed by atoms with Gasteiger partial charge in [-0.05, 0) is 37.5 Å². The Morgan fingerprint density at radius 2 is 2.16 bits per heavy atom. The smallest absolute Gasteiger partial charge is 0.230 e. The summed E-state index contributed by atoms with van der Waals surface area (Å²) in [5.41, 5.74) is 2.38. The summed E-state index contributed by atoms with van der Waals surface area (Å²) in [6.07, 6.45) is 5.63. The van der Waals surface area contributed by atoms with Gasteiger partial charge in [-0.25, -0.2) is 4.98 Å². The molecule has 0 saturated heterocycles. The molecule has 1 amide bonds. The van der Waals surface area contributed by atoms with Crippen molar-refractivity contribution < 1.29 is 9.21 Å². The molecule has 3 aromatic heterocycles. The zero-order valence-corrected chi connectivity index (χ0v) is 17.6. The van der Waals surface area contributed by atoms with Gasteiger partial charge in [0.2, 0.25) is 17.7 Å². The lowest BCUT2D eigenvalue weighted by molar-refractivity contribution is -0.121. The number of benzene rings is 1. The molecule has 0 unspecified atom stereocenters. The number of rotatable bonds is 7. The number of nitrogens with zero attached hydrogens (tertiary/aromatic N) is 6. The highest BCUT2D eigenvalue weighted by atomic mass is 32.1. The summed E-state index contributed by atoms with van der Waals surface area (Å²) in [6.45, 7) is 2.89. The molecule has 1 saturated carbocycles. The second kappa shape index (κ2) is 7.59. The molecule has 3 heterocycles. The second-order valence-electron chi connectivity index (χ2n) is 7.56. The van der Waals surface area contributed by atoms with Gasteiger partial charge < -0.3 is 9.73 Å². The molecular weight excluding hydrogens is 414 g/mol. The molecule has 1 N–H and O–H groups in total. The third-order valence-electron chi connectivity index (χ3n) is 5.19. The summed E-state index contributed by atoms with van der Waals surface area (Å²) < 4.78 is 8.59. The summed E-state index contributed by atoms with van der Waals surface area (Å²) in [5.74, 6) is 0.360. The second-order valence-corrected chi connectivity index (χ2v) is 8.68. The molecule has 0 atom stereocenters. The van der Waals surface area contributed by atoms with E-state index in [0.29, 0.717) is 25.2 Å². The highest BCUT2D eigenvalue weighted by Crippen LogP contribution is 2.34. The predicted octanol–water partition coefficient (Wildman–Crippen LogP) is 2.87. The SMILES string of the molecule is CCn1cc(-c2ccc3nc(Cc4nnc(CC(=O)NC5(C#N)CC5)o4)sc3c2)cn1. The monoisotopic (exact) mass is 433 g/mol. The third-order valence-corrected chi connectivity index (χ3v) is 6.21. The van der Waals surface area contributed by atoms with Crippen molar-refractivity contribution in [3.8, 4) is 17.2 Å². The topological polar surface area (TPSA) is 123 Å². The summed E-state index contributed by atoms with van der Waals surface area (Å²) in [7, 11) is 0. The lowest BCUT2D eigenvalue weighted by Gasteiger charge is -2.06. The fourth-order valence-electron chi connectivity index (χ4n) is 3.31. The number of aromatic nitrogens is 5. The molecule has 156 valence electrons. The summed E-state index contributed by atoms with van der Waals surface area (Å²) >= 11 is 1.57. The maximum Gasteiger partial charge on any atom is 0.230 e. The predicted molar refractivity (Wildman–Crippen MR) is 113 cm³/mol. The number of nitriles is 1. The molecule has 31 heavy (non-hydrogen) atoms. The van der Waals surface area contributed by atoms with Crippen molar-refractivity contribution in [2.45, 2.75) is 44.7 Å². The van der Waals surface area contributed by atoms with Gasteiger partial charge in [-0.1, -0.05) is 6.07 Å². The number of hydrogen-bond donors (Lipinski definition) is 1. The Morgan fingerprint density at radius 1 is 1.32 bits per heavy atom. The van der Waals surface area contributed by atoms with E-state index in [1.165, 1.54) is 0 Å². The van der Waals surface area contributed by atoms with Crippen LogP contribution in [0.3, 0.4) is 0 Å². The van der Waals surface area contributed by atoms with E-state index in [2.05, 4.69) is 44.7 Å². The van der Waals surface area contributed by atoms with Crippen LogP contribution in [0.15, 0.2) is 35.0 Å². The molecule has 0 radical (unpaired) electrons. The molecule has 0 spiro atoms. The molecule has 1 aliphatic rings. The average molecular weight is 433 g/mol. The first-order valence-electron chi connectivity index (χ1n) is 10.0.